The fourth-order valence-corrected chi connectivity index (χ4v) is 1.59. The fourth-order valence-electron chi connectivity index (χ4n) is 1.59. The molecule has 0 saturated heterocycles. The summed E-state index contributed by atoms with van der Waals surface area (Å²) in [7, 11) is 0. The van der Waals surface area contributed by atoms with Crippen LogP contribution in [0.2, 0.25) is 0 Å². The first kappa shape index (κ1) is 16.0. The molecule has 1 rings (SSSR count). The van der Waals surface area contributed by atoms with Crippen LogP contribution in [-0.2, 0) is 11.3 Å². The third-order valence-corrected chi connectivity index (χ3v) is 2.57. The van der Waals surface area contributed by atoms with E-state index < -0.39 is 0 Å². The topological polar surface area (TPSA) is 30.5 Å². The van der Waals surface area contributed by atoms with Crippen molar-refractivity contribution in [2.75, 3.05) is 13.2 Å². The maximum Gasteiger partial charge on any atom is 0.123 e. The van der Waals surface area contributed by atoms with Gasteiger partial charge in [0.25, 0.3) is 0 Å². The third kappa shape index (κ3) is 7.19. The molecule has 0 aromatic heterocycles. The van der Waals surface area contributed by atoms with E-state index in [2.05, 4.69) is 32.2 Å². The van der Waals surface area contributed by atoms with Crippen LogP contribution in [0.4, 0.5) is 0 Å². The van der Waals surface area contributed by atoms with Gasteiger partial charge in [0.2, 0.25) is 0 Å². The van der Waals surface area contributed by atoms with Gasteiger partial charge in [-0.25, -0.2) is 0 Å². The predicted molar refractivity (Wildman–Crippen MR) is 79.6 cm³/mol. The largest absolute Gasteiger partial charge is 0.491 e. The Hall–Kier alpha value is -1.06. The standard InChI is InChI=1S/C16H27NO2/c1-13(2)18-10-11-19-15-9-7-6-8-14(15)12-17-16(3,4)5/h6-9,13,17H,10-12H2,1-5H3. The fraction of sp³-hybridized carbons (Fsp3) is 0.625. The molecular formula is C16H27NO2. The van der Waals surface area contributed by atoms with Crippen molar-refractivity contribution in [1.29, 1.82) is 0 Å². The third-order valence-electron chi connectivity index (χ3n) is 2.57. The summed E-state index contributed by atoms with van der Waals surface area (Å²) in [4.78, 5) is 0. The summed E-state index contributed by atoms with van der Waals surface area (Å²) in [6, 6.07) is 8.14. The summed E-state index contributed by atoms with van der Waals surface area (Å²) < 4.78 is 11.3. The van der Waals surface area contributed by atoms with E-state index in [0.29, 0.717) is 13.2 Å². The van der Waals surface area contributed by atoms with E-state index in [1.165, 1.54) is 5.56 Å². The van der Waals surface area contributed by atoms with Crippen LogP contribution in [0.1, 0.15) is 40.2 Å². The van der Waals surface area contributed by atoms with Gasteiger partial charge in [-0.3, -0.25) is 0 Å². The lowest BCUT2D eigenvalue weighted by Crippen LogP contribution is -2.35. The molecule has 3 nitrogen and oxygen atoms in total. The van der Waals surface area contributed by atoms with Gasteiger partial charge in [0.1, 0.15) is 12.4 Å². The van der Waals surface area contributed by atoms with Crippen LogP contribution in [-0.4, -0.2) is 24.9 Å². The predicted octanol–water partition coefficient (Wildman–Crippen LogP) is 3.38. The zero-order valence-electron chi connectivity index (χ0n) is 12.8. The quantitative estimate of drug-likeness (QED) is 0.767. The van der Waals surface area contributed by atoms with Gasteiger partial charge >= 0.3 is 0 Å². The van der Waals surface area contributed by atoms with Gasteiger partial charge in [0.15, 0.2) is 0 Å². The van der Waals surface area contributed by atoms with Crippen molar-refractivity contribution in [2.24, 2.45) is 0 Å². The van der Waals surface area contributed by atoms with Gasteiger partial charge in [0, 0.05) is 17.6 Å². The van der Waals surface area contributed by atoms with Crippen LogP contribution in [0.5, 0.6) is 5.75 Å². The average molecular weight is 265 g/mol. The van der Waals surface area contributed by atoms with E-state index in [9.17, 15) is 0 Å². The van der Waals surface area contributed by atoms with Gasteiger partial charge in [-0.1, -0.05) is 18.2 Å². The van der Waals surface area contributed by atoms with Crippen LogP contribution in [0.25, 0.3) is 0 Å². The van der Waals surface area contributed by atoms with Crippen molar-refractivity contribution < 1.29 is 9.47 Å². The first-order valence-electron chi connectivity index (χ1n) is 6.96. The monoisotopic (exact) mass is 265 g/mol. The van der Waals surface area contributed by atoms with Crippen molar-refractivity contribution in [2.45, 2.75) is 52.8 Å². The van der Waals surface area contributed by atoms with Crippen LogP contribution < -0.4 is 10.1 Å². The van der Waals surface area contributed by atoms with Crippen LogP contribution in [0.3, 0.4) is 0 Å². The molecule has 0 atom stereocenters. The Morgan fingerprint density at radius 2 is 1.79 bits per heavy atom. The van der Waals surface area contributed by atoms with Crippen molar-refractivity contribution in [3.05, 3.63) is 29.8 Å². The molecule has 19 heavy (non-hydrogen) atoms. The van der Waals surface area contributed by atoms with Gasteiger partial charge in [-0.15, -0.1) is 0 Å². The van der Waals surface area contributed by atoms with Gasteiger partial charge in [-0.2, -0.15) is 0 Å². The molecule has 0 aliphatic heterocycles. The highest BCUT2D eigenvalue weighted by Crippen LogP contribution is 2.18. The van der Waals surface area contributed by atoms with Gasteiger partial charge in [-0.05, 0) is 40.7 Å². The van der Waals surface area contributed by atoms with Gasteiger partial charge < -0.3 is 14.8 Å². The first-order chi connectivity index (χ1) is 8.88. The van der Waals surface area contributed by atoms with Crippen LogP contribution in [0, 0.1) is 0 Å². The van der Waals surface area contributed by atoms with E-state index >= 15 is 0 Å². The Bertz CT molecular complexity index is 369. The van der Waals surface area contributed by atoms with E-state index in [4.69, 9.17) is 9.47 Å². The summed E-state index contributed by atoms with van der Waals surface area (Å²) in [5.74, 6) is 0.937. The molecule has 0 fully saturated rings. The second-order valence-electron chi connectivity index (χ2n) is 5.98. The lowest BCUT2D eigenvalue weighted by atomic mass is 10.1. The highest BCUT2D eigenvalue weighted by molar-refractivity contribution is 5.33. The Balaban J connectivity index is 2.48. The smallest absolute Gasteiger partial charge is 0.123 e. The summed E-state index contributed by atoms with van der Waals surface area (Å²) in [5.41, 5.74) is 1.29. The number of rotatable bonds is 7. The zero-order valence-corrected chi connectivity index (χ0v) is 12.8. The Morgan fingerprint density at radius 1 is 1.11 bits per heavy atom. The number of para-hydroxylation sites is 1. The zero-order chi connectivity index (χ0) is 14.3. The number of ether oxygens (including phenoxy) is 2. The normalized spacial score (nSPS) is 11.9. The summed E-state index contributed by atoms with van der Waals surface area (Å²) in [6.45, 7) is 12.6. The maximum atomic E-state index is 5.79. The molecule has 1 N–H and O–H groups in total. The molecule has 0 unspecified atom stereocenters. The molecule has 1 aromatic carbocycles. The van der Waals surface area contributed by atoms with Crippen LogP contribution in [0.15, 0.2) is 24.3 Å². The summed E-state index contributed by atoms with van der Waals surface area (Å²) in [5, 5.41) is 3.48. The molecule has 108 valence electrons. The highest BCUT2D eigenvalue weighted by atomic mass is 16.5. The second kappa shape index (κ2) is 7.51. The number of hydrogen-bond donors (Lipinski definition) is 1. The summed E-state index contributed by atoms with van der Waals surface area (Å²) >= 11 is 0. The number of nitrogens with one attached hydrogen (secondary N) is 1. The molecule has 1 aromatic rings. The minimum absolute atomic E-state index is 0.105. The molecule has 0 bridgehead atoms. The molecule has 0 aliphatic carbocycles. The molecule has 0 aliphatic rings. The van der Waals surface area contributed by atoms with E-state index in [1.54, 1.807) is 0 Å². The molecule has 0 radical (unpaired) electrons. The number of benzene rings is 1. The van der Waals surface area contributed by atoms with Crippen molar-refractivity contribution in [3.63, 3.8) is 0 Å². The second-order valence-corrected chi connectivity index (χ2v) is 5.98. The van der Waals surface area contributed by atoms with E-state index in [-0.39, 0.29) is 11.6 Å². The Labute approximate surface area is 117 Å². The van der Waals surface area contributed by atoms with Crippen LogP contribution >= 0.6 is 0 Å². The van der Waals surface area contributed by atoms with E-state index in [0.717, 1.165) is 12.3 Å². The lowest BCUT2D eigenvalue weighted by molar-refractivity contribution is 0.0550. The molecule has 0 heterocycles. The van der Waals surface area contributed by atoms with Crippen molar-refractivity contribution in [1.82, 2.24) is 5.32 Å². The Morgan fingerprint density at radius 3 is 2.42 bits per heavy atom. The minimum Gasteiger partial charge on any atom is -0.491 e. The molecule has 0 amide bonds. The maximum absolute atomic E-state index is 5.79. The SMILES string of the molecule is CC(C)OCCOc1ccccc1CNC(C)(C)C. The van der Waals surface area contributed by atoms with Crippen molar-refractivity contribution >= 4 is 0 Å². The first-order valence-corrected chi connectivity index (χ1v) is 6.96. The van der Waals surface area contributed by atoms with Crippen molar-refractivity contribution in [3.8, 4) is 5.75 Å². The molecule has 3 heteroatoms. The molecule has 0 spiro atoms. The minimum atomic E-state index is 0.105. The molecular weight excluding hydrogens is 238 g/mol. The number of hydrogen-bond acceptors (Lipinski definition) is 3. The molecule has 0 saturated carbocycles. The van der Waals surface area contributed by atoms with Gasteiger partial charge in [0.05, 0.1) is 12.7 Å². The average Bonchev–Trinajstić information content (AvgIpc) is 2.32. The van der Waals surface area contributed by atoms with E-state index in [1.807, 2.05) is 32.0 Å². The lowest BCUT2D eigenvalue weighted by Gasteiger charge is -2.21. The summed E-state index contributed by atoms with van der Waals surface area (Å²) in [6.07, 6.45) is 0.251. The Kier molecular flexibility index (Phi) is 6.32. The highest BCUT2D eigenvalue weighted by Gasteiger charge is 2.10.